The Balaban J connectivity index is 1.73. The molecule has 0 aliphatic carbocycles. The molecule has 0 N–H and O–H groups in total. The molecule has 0 fully saturated rings. The Hall–Kier alpha value is -4.12. The van der Waals surface area contributed by atoms with Crippen molar-refractivity contribution in [3.8, 4) is 22.8 Å². The van der Waals surface area contributed by atoms with Gasteiger partial charge in [-0.15, -0.1) is 0 Å². The van der Waals surface area contributed by atoms with E-state index in [1.165, 1.54) is 6.08 Å². The fourth-order valence-electron chi connectivity index (χ4n) is 3.28. The van der Waals surface area contributed by atoms with Gasteiger partial charge in [-0.1, -0.05) is 48.0 Å². The van der Waals surface area contributed by atoms with Crippen LogP contribution in [0.1, 0.15) is 16.7 Å². The first-order valence-electron chi connectivity index (χ1n) is 10.1. The molecule has 0 radical (unpaired) electrons. The van der Waals surface area contributed by atoms with E-state index in [0.29, 0.717) is 16.5 Å². The van der Waals surface area contributed by atoms with Gasteiger partial charge in [-0.3, -0.25) is 4.79 Å². The van der Waals surface area contributed by atoms with Crippen LogP contribution in [-0.2, 0) is 4.79 Å². The van der Waals surface area contributed by atoms with Gasteiger partial charge in [0.1, 0.15) is 11.3 Å². The third-order valence-electron chi connectivity index (χ3n) is 5.05. The van der Waals surface area contributed by atoms with Gasteiger partial charge in [0, 0.05) is 11.6 Å². The van der Waals surface area contributed by atoms with Crippen LogP contribution in [0.15, 0.2) is 82.0 Å². The SMILES string of the molecule is COc1ccc(/C=C/C(=O)Oc2c(-c3ccc(C)cc3)oc3cc(C)ccc3c2=O)cc1. The second-order valence-corrected chi connectivity index (χ2v) is 7.48. The zero-order valence-corrected chi connectivity index (χ0v) is 18.0. The predicted octanol–water partition coefficient (Wildman–Crippen LogP) is 5.70. The van der Waals surface area contributed by atoms with Gasteiger partial charge in [-0.05, 0) is 55.3 Å². The standard InChI is InChI=1S/C27H22O5/c1-17-4-10-20(11-5-17)26-27(25(29)22-14-6-18(2)16-23(22)31-26)32-24(28)15-9-19-7-12-21(30-3)13-8-19/h4-16H,1-3H3/b15-9+. The highest BCUT2D eigenvalue weighted by atomic mass is 16.5. The molecule has 32 heavy (non-hydrogen) atoms. The van der Waals surface area contributed by atoms with E-state index in [1.54, 1.807) is 37.5 Å². The van der Waals surface area contributed by atoms with Crippen molar-refractivity contribution in [3.05, 3.63) is 99.7 Å². The van der Waals surface area contributed by atoms with E-state index in [1.807, 2.05) is 56.3 Å². The van der Waals surface area contributed by atoms with Crippen LogP contribution in [0.2, 0.25) is 0 Å². The second-order valence-electron chi connectivity index (χ2n) is 7.48. The maximum Gasteiger partial charge on any atom is 0.336 e. The number of hydrogen-bond acceptors (Lipinski definition) is 5. The number of rotatable bonds is 5. The first-order valence-corrected chi connectivity index (χ1v) is 10.1. The number of esters is 1. The fraction of sp³-hybridized carbons (Fsp3) is 0.111. The van der Waals surface area contributed by atoms with Crippen LogP contribution in [0.3, 0.4) is 0 Å². The summed E-state index contributed by atoms with van der Waals surface area (Å²) < 4.78 is 16.7. The molecule has 3 aromatic carbocycles. The minimum absolute atomic E-state index is 0.130. The van der Waals surface area contributed by atoms with Gasteiger partial charge in [0.25, 0.3) is 0 Å². The number of hydrogen-bond donors (Lipinski definition) is 0. The lowest BCUT2D eigenvalue weighted by molar-refractivity contribution is -0.129. The van der Waals surface area contributed by atoms with Crippen LogP contribution in [0.25, 0.3) is 28.4 Å². The maximum absolute atomic E-state index is 13.2. The molecule has 0 saturated heterocycles. The largest absolute Gasteiger partial charge is 0.497 e. The summed E-state index contributed by atoms with van der Waals surface area (Å²) in [4.78, 5) is 25.8. The Bertz CT molecular complexity index is 1360. The number of aryl methyl sites for hydroxylation is 2. The van der Waals surface area contributed by atoms with E-state index in [9.17, 15) is 9.59 Å². The third kappa shape index (κ3) is 4.47. The average molecular weight is 426 g/mol. The summed E-state index contributed by atoms with van der Waals surface area (Å²) in [7, 11) is 1.59. The van der Waals surface area contributed by atoms with Gasteiger partial charge in [0.05, 0.1) is 12.5 Å². The van der Waals surface area contributed by atoms with Crippen molar-refractivity contribution >= 4 is 23.0 Å². The maximum atomic E-state index is 13.2. The normalized spacial score (nSPS) is 11.1. The Morgan fingerprint density at radius 1 is 0.906 bits per heavy atom. The lowest BCUT2D eigenvalue weighted by atomic mass is 10.1. The highest BCUT2D eigenvalue weighted by Crippen LogP contribution is 2.31. The molecule has 160 valence electrons. The first kappa shape index (κ1) is 21.1. The Labute approximate surface area is 185 Å². The van der Waals surface area contributed by atoms with E-state index in [-0.39, 0.29) is 11.5 Å². The number of fused-ring (bicyclic) bond motifs is 1. The zero-order valence-electron chi connectivity index (χ0n) is 18.0. The summed E-state index contributed by atoms with van der Waals surface area (Å²) in [6.07, 6.45) is 2.89. The van der Waals surface area contributed by atoms with E-state index >= 15 is 0 Å². The first-order chi connectivity index (χ1) is 15.4. The van der Waals surface area contributed by atoms with Crippen LogP contribution < -0.4 is 14.9 Å². The van der Waals surface area contributed by atoms with Crippen molar-refractivity contribution in [3.63, 3.8) is 0 Å². The summed E-state index contributed by atoms with van der Waals surface area (Å²) in [6, 6.07) is 20.0. The van der Waals surface area contributed by atoms with Crippen LogP contribution in [0, 0.1) is 13.8 Å². The van der Waals surface area contributed by atoms with Gasteiger partial charge in [0.2, 0.25) is 11.2 Å². The monoisotopic (exact) mass is 426 g/mol. The Morgan fingerprint density at radius 3 is 2.28 bits per heavy atom. The second kappa shape index (κ2) is 8.94. The Morgan fingerprint density at radius 2 is 1.59 bits per heavy atom. The minimum Gasteiger partial charge on any atom is -0.497 e. The van der Waals surface area contributed by atoms with E-state index in [4.69, 9.17) is 13.9 Å². The van der Waals surface area contributed by atoms with Crippen LogP contribution in [0.4, 0.5) is 0 Å². The molecule has 1 heterocycles. The highest BCUT2D eigenvalue weighted by Gasteiger charge is 2.20. The Kier molecular flexibility index (Phi) is 5.90. The molecule has 0 amide bonds. The molecule has 5 heteroatoms. The van der Waals surface area contributed by atoms with Gasteiger partial charge in [0.15, 0.2) is 5.76 Å². The lowest BCUT2D eigenvalue weighted by Crippen LogP contribution is -2.14. The number of benzene rings is 3. The molecule has 0 saturated carbocycles. The third-order valence-corrected chi connectivity index (χ3v) is 5.05. The van der Waals surface area contributed by atoms with Gasteiger partial charge in [-0.25, -0.2) is 4.79 Å². The van der Waals surface area contributed by atoms with Crippen molar-refractivity contribution in [1.29, 1.82) is 0 Å². The van der Waals surface area contributed by atoms with Crippen LogP contribution in [-0.4, -0.2) is 13.1 Å². The summed E-state index contributed by atoms with van der Waals surface area (Å²) in [5.41, 5.74) is 3.52. The molecule has 0 aliphatic heterocycles. The predicted molar refractivity (Wildman–Crippen MR) is 125 cm³/mol. The summed E-state index contributed by atoms with van der Waals surface area (Å²) in [5, 5.41) is 0.355. The summed E-state index contributed by atoms with van der Waals surface area (Å²) in [6.45, 7) is 3.89. The number of carbonyl (C=O) groups excluding carboxylic acids is 1. The number of ether oxygens (including phenoxy) is 2. The van der Waals surface area contributed by atoms with E-state index in [0.717, 1.165) is 22.4 Å². The van der Waals surface area contributed by atoms with Gasteiger partial charge >= 0.3 is 5.97 Å². The summed E-state index contributed by atoms with van der Waals surface area (Å²) >= 11 is 0. The quantitative estimate of drug-likeness (QED) is 0.302. The average Bonchev–Trinajstić information content (AvgIpc) is 2.80. The van der Waals surface area contributed by atoms with E-state index < -0.39 is 11.4 Å². The fourth-order valence-corrected chi connectivity index (χ4v) is 3.28. The molecular weight excluding hydrogens is 404 g/mol. The molecule has 4 rings (SSSR count). The van der Waals surface area contributed by atoms with Crippen molar-refractivity contribution < 1.29 is 18.7 Å². The van der Waals surface area contributed by atoms with Gasteiger partial charge in [-0.2, -0.15) is 0 Å². The van der Waals surface area contributed by atoms with Crippen molar-refractivity contribution in [2.24, 2.45) is 0 Å². The molecule has 4 aromatic rings. The topological polar surface area (TPSA) is 65.7 Å². The molecule has 1 aromatic heterocycles. The van der Waals surface area contributed by atoms with Gasteiger partial charge < -0.3 is 13.9 Å². The molecule has 0 spiro atoms. The molecule has 0 bridgehead atoms. The highest BCUT2D eigenvalue weighted by molar-refractivity contribution is 5.91. The van der Waals surface area contributed by atoms with E-state index in [2.05, 4.69) is 0 Å². The number of carbonyl (C=O) groups is 1. The van der Waals surface area contributed by atoms with Crippen LogP contribution in [0.5, 0.6) is 11.5 Å². The minimum atomic E-state index is -0.673. The lowest BCUT2D eigenvalue weighted by Gasteiger charge is -2.10. The zero-order chi connectivity index (χ0) is 22.7. The van der Waals surface area contributed by atoms with Crippen molar-refractivity contribution in [1.82, 2.24) is 0 Å². The molecule has 0 aliphatic rings. The molecule has 0 unspecified atom stereocenters. The van der Waals surface area contributed by atoms with Crippen molar-refractivity contribution in [2.75, 3.05) is 7.11 Å². The van der Waals surface area contributed by atoms with Crippen LogP contribution >= 0.6 is 0 Å². The smallest absolute Gasteiger partial charge is 0.336 e. The van der Waals surface area contributed by atoms with Crippen molar-refractivity contribution in [2.45, 2.75) is 13.8 Å². The summed E-state index contributed by atoms with van der Waals surface area (Å²) in [5.74, 6) is 0.137. The number of methoxy groups -OCH3 is 1. The molecule has 5 nitrogen and oxygen atoms in total. The molecule has 0 atom stereocenters. The molecular formula is C27H22O5.